The molecular weight excluding hydrogens is 218 g/mol. The number of hydrogen-bond donors (Lipinski definition) is 1. The van der Waals surface area contributed by atoms with Crippen LogP contribution in [0.5, 0.6) is 0 Å². The molecule has 86 valence electrons. The van der Waals surface area contributed by atoms with Crippen LogP contribution in [0.25, 0.3) is 0 Å². The first-order valence-corrected chi connectivity index (χ1v) is 4.76. The van der Waals surface area contributed by atoms with E-state index in [1.807, 2.05) is 0 Å². The summed E-state index contributed by atoms with van der Waals surface area (Å²) in [5.41, 5.74) is 3.55. The third-order valence-electron chi connectivity index (χ3n) is 3.06. The standard InChI is InChI=1S/C10H10F2N2O2/c11-10(12)5-9(10,6-13)7-3-1-2-4-8(7)14(15)16/h1-4H,5-6,13H2. The van der Waals surface area contributed by atoms with Crippen molar-refractivity contribution < 1.29 is 13.7 Å². The van der Waals surface area contributed by atoms with Gasteiger partial charge in [-0.05, 0) is 0 Å². The average Bonchev–Trinajstić information content (AvgIpc) is 2.82. The fourth-order valence-electron chi connectivity index (χ4n) is 2.00. The van der Waals surface area contributed by atoms with Crippen LogP contribution in [0.2, 0.25) is 0 Å². The lowest BCUT2D eigenvalue weighted by atomic mass is 9.94. The van der Waals surface area contributed by atoms with Gasteiger partial charge in [-0.1, -0.05) is 18.2 Å². The maximum absolute atomic E-state index is 13.3. The van der Waals surface area contributed by atoms with Gasteiger partial charge in [0.05, 0.1) is 10.3 Å². The van der Waals surface area contributed by atoms with E-state index in [0.29, 0.717) is 0 Å². The third kappa shape index (κ3) is 1.30. The number of para-hydroxylation sites is 1. The normalized spacial score (nSPS) is 26.4. The zero-order valence-electron chi connectivity index (χ0n) is 8.32. The molecule has 0 radical (unpaired) electrons. The first-order valence-electron chi connectivity index (χ1n) is 4.76. The SMILES string of the molecule is NCC1(c2ccccc2[N+](=O)[O-])CC1(F)F. The molecule has 1 aromatic carbocycles. The van der Waals surface area contributed by atoms with E-state index in [-0.39, 0.29) is 17.8 Å². The van der Waals surface area contributed by atoms with Crippen LogP contribution in [0.15, 0.2) is 24.3 Å². The predicted octanol–water partition coefficient (Wildman–Crippen LogP) is 1.83. The molecule has 1 atom stereocenters. The highest BCUT2D eigenvalue weighted by molar-refractivity contribution is 5.51. The summed E-state index contributed by atoms with van der Waals surface area (Å²) in [4.78, 5) is 10.1. The fourth-order valence-corrected chi connectivity index (χ4v) is 2.00. The number of nitro groups is 1. The molecule has 0 bridgehead atoms. The number of nitrogens with zero attached hydrogens (tertiary/aromatic N) is 1. The Morgan fingerprint density at radius 2 is 2.00 bits per heavy atom. The molecule has 0 amide bonds. The Bertz CT molecular complexity index is 450. The smallest absolute Gasteiger partial charge is 0.273 e. The van der Waals surface area contributed by atoms with Crippen molar-refractivity contribution in [3.05, 3.63) is 39.9 Å². The van der Waals surface area contributed by atoms with Crippen molar-refractivity contribution in [1.82, 2.24) is 0 Å². The Labute approximate surface area is 90.2 Å². The Morgan fingerprint density at radius 3 is 2.44 bits per heavy atom. The van der Waals surface area contributed by atoms with Gasteiger partial charge < -0.3 is 5.73 Å². The van der Waals surface area contributed by atoms with Crippen molar-refractivity contribution in [3.63, 3.8) is 0 Å². The summed E-state index contributed by atoms with van der Waals surface area (Å²) in [5.74, 6) is -2.94. The summed E-state index contributed by atoms with van der Waals surface area (Å²) in [6, 6.07) is 5.54. The van der Waals surface area contributed by atoms with Gasteiger partial charge in [-0.15, -0.1) is 0 Å². The van der Waals surface area contributed by atoms with Crippen LogP contribution in [0.1, 0.15) is 12.0 Å². The maximum atomic E-state index is 13.3. The molecule has 0 saturated heterocycles. The largest absolute Gasteiger partial charge is 0.329 e. The van der Waals surface area contributed by atoms with E-state index >= 15 is 0 Å². The molecule has 0 spiro atoms. The average molecular weight is 228 g/mol. The van der Waals surface area contributed by atoms with Crippen LogP contribution >= 0.6 is 0 Å². The highest BCUT2D eigenvalue weighted by Crippen LogP contribution is 2.62. The summed E-state index contributed by atoms with van der Waals surface area (Å²) in [6.07, 6.45) is -0.415. The quantitative estimate of drug-likeness (QED) is 0.633. The van der Waals surface area contributed by atoms with Crippen LogP contribution in [-0.2, 0) is 5.41 Å². The second kappa shape index (κ2) is 3.21. The molecule has 1 fully saturated rings. The zero-order valence-corrected chi connectivity index (χ0v) is 8.32. The number of nitrogens with two attached hydrogens (primary N) is 1. The van der Waals surface area contributed by atoms with E-state index in [0.717, 1.165) is 0 Å². The Morgan fingerprint density at radius 1 is 1.44 bits per heavy atom. The highest BCUT2D eigenvalue weighted by atomic mass is 19.3. The van der Waals surface area contributed by atoms with Gasteiger partial charge in [0.1, 0.15) is 0 Å². The van der Waals surface area contributed by atoms with E-state index in [9.17, 15) is 18.9 Å². The first-order chi connectivity index (χ1) is 7.44. The third-order valence-corrected chi connectivity index (χ3v) is 3.06. The van der Waals surface area contributed by atoms with Gasteiger partial charge in [0, 0.05) is 24.6 Å². The van der Waals surface area contributed by atoms with E-state index in [1.54, 1.807) is 0 Å². The van der Waals surface area contributed by atoms with Gasteiger partial charge in [-0.3, -0.25) is 10.1 Å². The van der Waals surface area contributed by atoms with Crippen molar-refractivity contribution in [2.24, 2.45) is 5.73 Å². The molecule has 0 aliphatic heterocycles. The van der Waals surface area contributed by atoms with E-state index < -0.39 is 22.7 Å². The summed E-state index contributed by atoms with van der Waals surface area (Å²) in [7, 11) is 0. The van der Waals surface area contributed by atoms with Crippen LogP contribution in [0, 0.1) is 10.1 Å². The second-order valence-corrected chi connectivity index (χ2v) is 3.94. The summed E-state index contributed by atoms with van der Waals surface area (Å²) < 4.78 is 26.6. The molecule has 1 aliphatic carbocycles. The molecule has 1 aromatic rings. The fraction of sp³-hybridized carbons (Fsp3) is 0.400. The molecule has 4 nitrogen and oxygen atoms in total. The van der Waals surface area contributed by atoms with Gasteiger partial charge in [0.2, 0.25) is 0 Å². The van der Waals surface area contributed by atoms with E-state index in [2.05, 4.69) is 0 Å². The number of hydrogen-bond acceptors (Lipinski definition) is 3. The van der Waals surface area contributed by atoms with Crippen LogP contribution in [0.3, 0.4) is 0 Å². The predicted molar refractivity (Wildman–Crippen MR) is 53.4 cm³/mol. The molecule has 1 unspecified atom stereocenters. The van der Waals surface area contributed by atoms with Crippen LogP contribution in [0.4, 0.5) is 14.5 Å². The summed E-state index contributed by atoms with van der Waals surface area (Å²) >= 11 is 0. The number of halogens is 2. The second-order valence-electron chi connectivity index (χ2n) is 3.94. The first kappa shape index (κ1) is 10.9. The molecule has 1 saturated carbocycles. The Kier molecular flexibility index (Phi) is 2.20. The molecule has 0 aromatic heterocycles. The molecule has 1 aliphatic rings. The Balaban J connectivity index is 2.53. The van der Waals surface area contributed by atoms with E-state index in [1.165, 1.54) is 24.3 Å². The van der Waals surface area contributed by atoms with Gasteiger partial charge in [-0.25, -0.2) is 8.78 Å². The summed E-state index contributed by atoms with van der Waals surface area (Å²) in [6.45, 7) is -0.287. The minimum Gasteiger partial charge on any atom is -0.329 e. The van der Waals surface area contributed by atoms with Gasteiger partial charge in [-0.2, -0.15) is 0 Å². The number of nitro benzene ring substituents is 1. The lowest BCUT2D eigenvalue weighted by molar-refractivity contribution is -0.386. The number of rotatable bonds is 3. The van der Waals surface area contributed by atoms with Crippen molar-refractivity contribution in [1.29, 1.82) is 0 Å². The lowest BCUT2D eigenvalue weighted by Crippen LogP contribution is -2.27. The van der Waals surface area contributed by atoms with Crippen molar-refractivity contribution >= 4 is 5.69 Å². The minimum atomic E-state index is -2.94. The number of alkyl halides is 2. The van der Waals surface area contributed by atoms with Gasteiger partial charge in [0.15, 0.2) is 0 Å². The lowest BCUT2D eigenvalue weighted by Gasteiger charge is -2.14. The van der Waals surface area contributed by atoms with Crippen molar-refractivity contribution in [3.8, 4) is 0 Å². The monoisotopic (exact) mass is 228 g/mol. The van der Waals surface area contributed by atoms with Crippen LogP contribution in [-0.4, -0.2) is 17.4 Å². The van der Waals surface area contributed by atoms with Gasteiger partial charge >= 0.3 is 0 Å². The molecule has 0 heterocycles. The zero-order chi connectivity index (χ0) is 12.0. The molecular formula is C10H10F2N2O2. The molecule has 16 heavy (non-hydrogen) atoms. The topological polar surface area (TPSA) is 69.2 Å². The van der Waals surface area contributed by atoms with Crippen molar-refractivity contribution in [2.45, 2.75) is 17.8 Å². The minimum absolute atomic E-state index is 0.0347. The highest BCUT2D eigenvalue weighted by Gasteiger charge is 2.72. The molecule has 2 N–H and O–H groups in total. The molecule has 2 rings (SSSR count). The Hall–Kier alpha value is -1.56. The van der Waals surface area contributed by atoms with Gasteiger partial charge in [0.25, 0.3) is 11.6 Å². The van der Waals surface area contributed by atoms with Crippen LogP contribution < -0.4 is 5.73 Å². The summed E-state index contributed by atoms with van der Waals surface area (Å²) in [5, 5.41) is 10.7. The molecule has 6 heteroatoms. The van der Waals surface area contributed by atoms with E-state index in [4.69, 9.17) is 5.73 Å². The van der Waals surface area contributed by atoms with Crippen molar-refractivity contribution in [2.75, 3.05) is 6.54 Å². The maximum Gasteiger partial charge on any atom is 0.273 e. The number of benzene rings is 1.